The van der Waals surface area contributed by atoms with Crippen molar-refractivity contribution in [3.63, 3.8) is 0 Å². The van der Waals surface area contributed by atoms with E-state index in [1.807, 2.05) is 0 Å². The van der Waals surface area contributed by atoms with E-state index in [1.165, 1.54) is 18.2 Å². The lowest BCUT2D eigenvalue weighted by molar-refractivity contribution is 0.0858. The standard InChI is InChI=1S/C13H14N2O4/c1-15(2)14-13(17)10-7-12(16)19-11-6-8(18-3)4-5-9(10)11/h4-7H,1-3H3,(H,14,17). The van der Waals surface area contributed by atoms with Crippen molar-refractivity contribution in [2.45, 2.75) is 0 Å². The van der Waals surface area contributed by atoms with Gasteiger partial charge in [0.25, 0.3) is 5.91 Å². The lowest BCUT2D eigenvalue weighted by Gasteiger charge is -2.12. The Hall–Kier alpha value is -2.34. The summed E-state index contributed by atoms with van der Waals surface area (Å²) in [5.41, 5.74) is 2.59. The number of hydrazine groups is 1. The number of hydrogen-bond donors (Lipinski definition) is 1. The van der Waals surface area contributed by atoms with Crippen molar-refractivity contribution in [1.29, 1.82) is 0 Å². The molecule has 2 aromatic rings. The van der Waals surface area contributed by atoms with E-state index in [0.717, 1.165) is 0 Å². The Morgan fingerprint density at radius 3 is 2.68 bits per heavy atom. The van der Waals surface area contributed by atoms with E-state index in [-0.39, 0.29) is 11.5 Å². The first-order chi connectivity index (χ1) is 9.01. The van der Waals surface area contributed by atoms with E-state index in [9.17, 15) is 9.59 Å². The van der Waals surface area contributed by atoms with Crippen LogP contribution in [0.15, 0.2) is 33.5 Å². The molecule has 19 heavy (non-hydrogen) atoms. The van der Waals surface area contributed by atoms with Gasteiger partial charge in [-0.15, -0.1) is 0 Å². The van der Waals surface area contributed by atoms with Crippen molar-refractivity contribution in [3.05, 3.63) is 40.2 Å². The lowest BCUT2D eigenvalue weighted by atomic mass is 10.1. The highest BCUT2D eigenvalue weighted by molar-refractivity contribution is 6.05. The Balaban J connectivity index is 2.60. The van der Waals surface area contributed by atoms with E-state index >= 15 is 0 Å². The number of amides is 1. The van der Waals surface area contributed by atoms with Crippen LogP contribution in [0.4, 0.5) is 0 Å². The molecule has 1 aromatic heterocycles. The zero-order valence-corrected chi connectivity index (χ0v) is 10.9. The molecule has 0 fully saturated rings. The summed E-state index contributed by atoms with van der Waals surface area (Å²) in [6, 6.07) is 6.13. The van der Waals surface area contributed by atoms with Crippen LogP contribution in [0.1, 0.15) is 10.4 Å². The number of methoxy groups -OCH3 is 1. The number of fused-ring (bicyclic) bond motifs is 1. The molecular formula is C13H14N2O4. The van der Waals surface area contributed by atoms with Gasteiger partial charge < -0.3 is 9.15 Å². The molecular weight excluding hydrogens is 248 g/mol. The number of nitrogens with zero attached hydrogens (tertiary/aromatic N) is 1. The molecule has 6 nitrogen and oxygen atoms in total. The molecule has 1 amide bonds. The first-order valence-electron chi connectivity index (χ1n) is 5.61. The molecule has 1 aromatic carbocycles. The Bertz CT molecular complexity index is 676. The molecule has 1 heterocycles. The van der Waals surface area contributed by atoms with Crippen LogP contribution in [0, 0.1) is 0 Å². The second kappa shape index (κ2) is 5.11. The molecule has 0 aliphatic heterocycles. The van der Waals surface area contributed by atoms with E-state index in [2.05, 4.69) is 5.43 Å². The van der Waals surface area contributed by atoms with E-state index in [1.54, 1.807) is 32.3 Å². The minimum absolute atomic E-state index is 0.266. The van der Waals surface area contributed by atoms with Crippen molar-refractivity contribution >= 4 is 16.9 Å². The number of benzene rings is 1. The van der Waals surface area contributed by atoms with Crippen LogP contribution in [0.25, 0.3) is 11.0 Å². The van der Waals surface area contributed by atoms with Crippen molar-refractivity contribution < 1.29 is 13.9 Å². The van der Waals surface area contributed by atoms with Crippen LogP contribution < -0.4 is 15.8 Å². The third kappa shape index (κ3) is 2.74. The van der Waals surface area contributed by atoms with E-state index in [4.69, 9.17) is 9.15 Å². The molecule has 0 saturated heterocycles. The minimum Gasteiger partial charge on any atom is -0.497 e. The Morgan fingerprint density at radius 1 is 1.32 bits per heavy atom. The Morgan fingerprint density at radius 2 is 2.05 bits per heavy atom. The van der Waals surface area contributed by atoms with Gasteiger partial charge in [-0.3, -0.25) is 10.2 Å². The van der Waals surface area contributed by atoms with Gasteiger partial charge in [0.05, 0.1) is 12.7 Å². The second-order valence-electron chi connectivity index (χ2n) is 4.18. The van der Waals surface area contributed by atoms with Gasteiger partial charge in [0, 0.05) is 31.6 Å². The van der Waals surface area contributed by atoms with Gasteiger partial charge in [0.1, 0.15) is 11.3 Å². The van der Waals surface area contributed by atoms with Crippen molar-refractivity contribution in [1.82, 2.24) is 10.4 Å². The summed E-state index contributed by atoms with van der Waals surface area (Å²) in [6.45, 7) is 0. The molecule has 0 bridgehead atoms. The average Bonchev–Trinajstić information content (AvgIpc) is 2.36. The Labute approximate surface area is 109 Å². The van der Waals surface area contributed by atoms with Gasteiger partial charge in [-0.05, 0) is 12.1 Å². The number of carbonyl (C=O) groups excluding carboxylic acids is 1. The summed E-state index contributed by atoms with van der Waals surface area (Å²) in [6.07, 6.45) is 0. The largest absolute Gasteiger partial charge is 0.497 e. The molecule has 0 unspecified atom stereocenters. The SMILES string of the molecule is COc1ccc2c(C(=O)NN(C)C)cc(=O)oc2c1. The summed E-state index contributed by atoms with van der Waals surface area (Å²) in [4.78, 5) is 23.5. The molecule has 1 N–H and O–H groups in total. The zero-order valence-electron chi connectivity index (χ0n) is 10.9. The van der Waals surface area contributed by atoms with E-state index in [0.29, 0.717) is 16.7 Å². The average molecular weight is 262 g/mol. The van der Waals surface area contributed by atoms with Crippen LogP contribution >= 0.6 is 0 Å². The quantitative estimate of drug-likeness (QED) is 0.660. The molecule has 6 heteroatoms. The summed E-state index contributed by atoms with van der Waals surface area (Å²) in [7, 11) is 4.89. The van der Waals surface area contributed by atoms with E-state index < -0.39 is 5.63 Å². The third-order valence-corrected chi connectivity index (χ3v) is 2.52. The maximum atomic E-state index is 12.0. The number of ether oxygens (including phenoxy) is 1. The van der Waals surface area contributed by atoms with Crippen molar-refractivity contribution in [3.8, 4) is 5.75 Å². The highest BCUT2D eigenvalue weighted by atomic mass is 16.5. The van der Waals surface area contributed by atoms with Gasteiger partial charge in [-0.2, -0.15) is 0 Å². The van der Waals surface area contributed by atoms with Gasteiger partial charge in [-0.1, -0.05) is 0 Å². The third-order valence-electron chi connectivity index (χ3n) is 2.52. The van der Waals surface area contributed by atoms with Crippen molar-refractivity contribution in [2.75, 3.05) is 21.2 Å². The number of nitrogens with one attached hydrogen (secondary N) is 1. The van der Waals surface area contributed by atoms with Crippen LogP contribution in [0.3, 0.4) is 0 Å². The normalized spacial score (nSPS) is 10.7. The first kappa shape index (κ1) is 13.1. The summed E-state index contributed by atoms with van der Waals surface area (Å²) >= 11 is 0. The second-order valence-corrected chi connectivity index (χ2v) is 4.18. The Kier molecular flexibility index (Phi) is 3.52. The van der Waals surface area contributed by atoms with Crippen LogP contribution in [-0.2, 0) is 0 Å². The summed E-state index contributed by atoms with van der Waals surface area (Å²) < 4.78 is 10.1. The van der Waals surface area contributed by atoms with Crippen LogP contribution in [0.2, 0.25) is 0 Å². The fraction of sp³-hybridized carbons (Fsp3) is 0.231. The number of hydrogen-bond acceptors (Lipinski definition) is 5. The van der Waals surface area contributed by atoms with Crippen LogP contribution in [-0.4, -0.2) is 32.1 Å². The number of carbonyl (C=O) groups is 1. The molecule has 0 spiro atoms. The fourth-order valence-electron chi connectivity index (χ4n) is 1.72. The number of rotatable bonds is 3. The summed E-state index contributed by atoms with van der Waals surface area (Å²) in [5.74, 6) is 0.189. The van der Waals surface area contributed by atoms with Gasteiger partial charge in [-0.25, -0.2) is 9.80 Å². The maximum Gasteiger partial charge on any atom is 0.337 e. The van der Waals surface area contributed by atoms with Gasteiger partial charge in [0.15, 0.2) is 0 Å². The molecule has 100 valence electrons. The predicted molar refractivity (Wildman–Crippen MR) is 70.2 cm³/mol. The highest BCUT2D eigenvalue weighted by Crippen LogP contribution is 2.22. The smallest absolute Gasteiger partial charge is 0.337 e. The first-order valence-corrected chi connectivity index (χ1v) is 5.61. The van der Waals surface area contributed by atoms with Crippen LogP contribution in [0.5, 0.6) is 5.75 Å². The van der Waals surface area contributed by atoms with Gasteiger partial charge in [0.2, 0.25) is 0 Å². The van der Waals surface area contributed by atoms with Gasteiger partial charge >= 0.3 is 5.63 Å². The topological polar surface area (TPSA) is 71.8 Å². The predicted octanol–water partition coefficient (Wildman–Crippen LogP) is 1.01. The maximum absolute atomic E-state index is 12.0. The summed E-state index contributed by atoms with van der Waals surface area (Å²) in [5, 5.41) is 2.06. The fourth-order valence-corrected chi connectivity index (χ4v) is 1.72. The minimum atomic E-state index is -0.579. The molecule has 0 aliphatic rings. The molecule has 0 atom stereocenters. The lowest BCUT2D eigenvalue weighted by Crippen LogP contribution is -2.36. The molecule has 0 aliphatic carbocycles. The highest BCUT2D eigenvalue weighted by Gasteiger charge is 2.14. The monoisotopic (exact) mass is 262 g/mol. The molecule has 2 rings (SSSR count). The molecule has 0 saturated carbocycles. The van der Waals surface area contributed by atoms with Crippen molar-refractivity contribution in [2.24, 2.45) is 0 Å². The molecule has 0 radical (unpaired) electrons. The zero-order chi connectivity index (χ0) is 14.0.